The summed E-state index contributed by atoms with van der Waals surface area (Å²) < 4.78 is 3.66. The molecule has 4 heterocycles. The van der Waals surface area contributed by atoms with Gasteiger partial charge in [0.05, 0.1) is 11.2 Å². The normalized spacial score (nSPS) is 16.1. The van der Waals surface area contributed by atoms with E-state index in [9.17, 15) is 4.79 Å². The number of hydrogen-bond acceptors (Lipinski definition) is 5. The summed E-state index contributed by atoms with van der Waals surface area (Å²) in [6.07, 6.45) is 10.1. The minimum absolute atomic E-state index is 0.0752. The average Bonchev–Trinajstić information content (AvgIpc) is 3.23. The summed E-state index contributed by atoms with van der Waals surface area (Å²) in [5, 5.41) is 8.17. The van der Waals surface area contributed by atoms with Gasteiger partial charge in [-0.3, -0.25) is 9.20 Å². The first-order valence-corrected chi connectivity index (χ1v) is 7.72. The van der Waals surface area contributed by atoms with Gasteiger partial charge in [0, 0.05) is 31.5 Å². The Morgan fingerprint density at radius 2 is 1.91 bits per heavy atom. The van der Waals surface area contributed by atoms with Crippen molar-refractivity contribution >= 4 is 23.3 Å². The minimum atomic E-state index is -0.0752. The van der Waals surface area contributed by atoms with E-state index in [4.69, 9.17) is 11.6 Å². The molecule has 23 heavy (non-hydrogen) atoms. The van der Waals surface area contributed by atoms with Crippen molar-refractivity contribution in [3.05, 3.63) is 42.0 Å². The monoisotopic (exact) mass is 331 g/mol. The lowest BCUT2D eigenvalue weighted by molar-refractivity contribution is 0.0689. The molecular weight excluding hydrogens is 318 g/mol. The number of carbonyl (C=O) groups is 1. The van der Waals surface area contributed by atoms with Crippen LogP contribution in [0.2, 0.25) is 5.02 Å². The predicted octanol–water partition coefficient (Wildman–Crippen LogP) is 1.45. The zero-order chi connectivity index (χ0) is 15.8. The summed E-state index contributed by atoms with van der Waals surface area (Å²) in [6.45, 7) is 1.37. The maximum Gasteiger partial charge on any atom is 0.274 e. The number of likely N-dealkylation sites (tertiary alicyclic amines) is 1. The van der Waals surface area contributed by atoms with E-state index < -0.39 is 0 Å². The number of imidazole rings is 1. The standard InChI is InChI=1S/C14H14ClN7O/c15-10-5-16-14-19-12(7-21(14)6-10)13(23)20-3-1-11(2-4-20)22-8-17-18-9-22/h5-9,11H,1-4H2. The summed E-state index contributed by atoms with van der Waals surface area (Å²) in [4.78, 5) is 22.8. The molecule has 1 amide bonds. The zero-order valence-corrected chi connectivity index (χ0v) is 13.0. The number of hydrogen-bond donors (Lipinski definition) is 0. The SMILES string of the molecule is O=C(c1cn2cc(Cl)cnc2n1)N1CCC(n2cnnc2)CC1. The average molecular weight is 332 g/mol. The molecular formula is C14H14ClN7O. The van der Waals surface area contributed by atoms with Gasteiger partial charge in [0.1, 0.15) is 18.3 Å². The molecule has 1 aliphatic rings. The third kappa shape index (κ3) is 2.65. The summed E-state index contributed by atoms with van der Waals surface area (Å²) in [7, 11) is 0. The van der Waals surface area contributed by atoms with Gasteiger partial charge in [-0.15, -0.1) is 10.2 Å². The molecule has 0 spiro atoms. The second-order valence-corrected chi connectivity index (χ2v) is 5.97. The van der Waals surface area contributed by atoms with Crippen molar-refractivity contribution in [1.82, 2.24) is 34.0 Å². The number of carbonyl (C=O) groups excluding carboxylic acids is 1. The number of halogens is 1. The van der Waals surface area contributed by atoms with Crippen LogP contribution in [0.3, 0.4) is 0 Å². The van der Waals surface area contributed by atoms with Crippen LogP contribution in [0.1, 0.15) is 29.4 Å². The van der Waals surface area contributed by atoms with Crippen LogP contribution in [0.25, 0.3) is 5.78 Å². The molecule has 3 aromatic heterocycles. The first kappa shape index (κ1) is 14.1. The number of rotatable bonds is 2. The lowest BCUT2D eigenvalue weighted by atomic mass is 10.0. The maximum absolute atomic E-state index is 12.6. The van der Waals surface area contributed by atoms with Crippen LogP contribution < -0.4 is 0 Å². The van der Waals surface area contributed by atoms with E-state index in [-0.39, 0.29) is 5.91 Å². The molecule has 0 N–H and O–H groups in total. The van der Waals surface area contributed by atoms with Crippen LogP contribution in [-0.2, 0) is 0 Å². The molecule has 1 saturated heterocycles. The molecule has 1 fully saturated rings. The van der Waals surface area contributed by atoms with E-state index in [2.05, 4.69) is 20.2 Å². The number of piperidine rings is 1. The Morgan fingerprint density at radius 3 is 2.65 bits per heavy atom. The zero-order valence-electron chi connectivity index (χ0n) is 12.2. The van der Waals surface area contributed by atoms with Crippen LogP contribution in [0.5, 0.6) is 0 Å². The smallest absolute Gasteiger partial charge is 0.274 e. The Labute approximate surface area is 136 Å². The Kier molecular flexibility index (Phi) is 3.45. The molecule has 0 unspecified atom stereocenters. The summed E-state index contributed by atoms with van der Waals surface area (Å²) in [5.41, 5.74) is 0.391. The molecule has 4 rings (SSSR count). The van der Waals surface area contributed by atoms with Crippen molar-refractivity contribution in [2.75, 3.05) is 13.1 Å². The second-order valence-electron chi connectivity index (χ2n) is 5.54. The van der Waals surface area contributed by atoms with Crippen molar-refractivity contribution in [3.8, 4) is 0 Å². The number of fused-ring (bicyclic) bond motifs is 1. The van der Waals surface area contributed by atoms with Gasteiger partial charge in [-0.2, -0.15) is 0 Å². The van der Waals surface area contributed by atoms with Gasteiger partial charge in [-0.1, -0.05) is 11.6 Å². The lowest BCUT2D eigenvalue weighted by Crippen LogP contribution is -2.39. The van der Waals surface area contributed by atoms with Crippen LogP contribution in [0, 0.1) is 0 Å². The molecule has 118 valence electrons. The maximum atomic E-state index is 12.6. The molecule has 0 bridgehead atoms. The van der Waals surface area contributed by atoms with Gasteiger partial charge in [-0.25, -0.2) is 9.97 Å². The lowest BCUT2D eigenvalue weighted by Gasteiger charge is -2.31. The largest absolute Gasteiger partial charge is 0.337 e. The van der Waals surface area contributed by atoms with E-state index >= 15 is 0 Å². The predicted molar refractivity (Wildman–Crippen MR) is 82.2 cm³/mol. The molecule has 0 aromatic carbocycles. The van der Waals surface area contributed by atoms with Gasteiger partial charge in [0.25, 0.3) is 5.91 Å². The van der Waals surface area contributed by atoms with Gasteiger partial charge in [-0.05, 0) is 12.8 Å². The van der Waals surface area contributed by atoms with E-state index in [1.54, 1.807) is 29.4 Å². The van der Waals surface area contributed by atoms with Gasteiger partial charge in [0.2, 0.25) is 5.78 Å². The molecule has 0 saturated carbocycles. The van der Waals surface area contributed by atoms with Crippen molar-refractivity contribution < 1.29 is 4.79 Å². The summed E-state index contributed by atoms with van der Waals surface area (Å²) >= 11 is 5.90. The van der Waals surface area contributed by atoms with Crippen molar-refractivity contribution in [2.45, 2.75) is 18.9 Å². The summed E-state index contributed by atoms with van der Waals surface area (Å²) in [6, 6.07) is 0.343. The fraction of sp³-hybridized carbons (Fsp3) is 0.357. The first-order chi connectivity index (χ1) is 11.2. The Balaban J connectivity index is 1.48. The molecule has 8 nitrogen and oxygen atoms in total. The molecule has 0 atom stereocenters. The van der Waals surface area contributed by atoms with Crippen LogP contribution in [-0.4, -0.2) is 53.0 Å². The third-order valence-electron chi connectivity index (χ3n) is 4.11. The van der Waals surface area contributed by atoms with Crippen LogP contribution >= 0.6 is 11.6 Å². The van der Waals surface area contributed by atoms with Crippen molar-refractivity contribution in [1.29, 1.82) is 0 Å². The van der Waals surface area contributed by atoms with Crippen LogP contribution in [0.15, 0.2) is 31.2 Å². The molecule has 0 radical (unpaired) electrons. The van der Waals surface area contributed by atoms with Gasteiger partial charge in [0.15, 0.2) is 0 Å². The van der Waals surface area contributed by atoms with E-state index in [1.165, 1.54) is 6.20 Å². The number of aromatic nitrogens is 6. The highest BCUT2D eigenvalue weighted by atomic mass is 35.5. The number of nitrogens with zero attached hydrogens (tertiary/aromatic N) is 7. The highest BCUT2D eigenvalue weighted by Gasteiger charge is 2.26. The topological polar surface area (TPSA) is 81.2 Å². The molecule has 0 aliphatic carbocycles. The molecule has 9 heteroatoms. The second kappa shape index (κ2) is 5.62. The molecule has 3 aromatic rings. The summed E-state index contributed by atoms with van der Waals surface area (Å²) in [5.74, 6) is 0.394. The van der Waals surface area contributed by atoms with Gasteiger partial charge >= 0.3 is 0 Å². The Morgan fingerprint density at radius 1 is 1.17 bits per heavy atom. The fourth-order valence-corrected chi connectivity index (χ4v) is 3.04. The highest BCUT2D eigenvalue weighted by molar-refractivity contribution is 6.30. The first-order valence-electron chi connectivity index (χ1n) is 7.34. The Bertz CT molecular complexity index is 836. The fourth-order valence-electron chi connectivity index (χ4n) is 2.89. The van der Waals surface area contributed by atoms with Crippen molar-refractivity contribution in [3.63, 3.8) is 0 Å². The van der Waals surface area contributed by atoms with Crippen molar-refractivity contribution in [2.24, 2.45) is 0 Å². The number of amides is 1. The van der Waals surface area contributed by atoms with E-state index in [0.29, 0.717) is 35.6 Å². The Hall–Kier alpha value is -2.48. The molecule has 1 aliphatic heterocycles. The quantitative estimate of drug-likeness (QED) is 0.710. The highest BCUT2D eigenvalue weighted by Crippen LogP contribution is 2.23. The minimum Gasteiger partial charge on any atom is -0.337 e. The van der Waals surface area contributed by atoms with E-state index in [1.807, 2.05) is 9.47 Å². The van der Waals surface area contributed by atoms with Crippen LogP contribution in [0.4, 0.5) is 0 Å². The third-order valence-corrected chi connectivity index (χ3v) is 4.30. The van der Waals surface area contributed by atoms with Gasteiger partial charge < -0.3 is 9.47 Å². The van der Waals surface area contributed by atoms with E-state index in [0.717, 1.165) is 12.8 Å².